The van der Waals surface area contributed by atoms with Gasteiger partial charge in [0.15, 0.2) is 0 Å². The Morgan fingerprint density at radius 3 is 2.44 bits per heavy atom. The number of fused-ring (bicyclic) bond motifs is 1. The van der Waals surface area contributed by atoms with Crippen LogP contribution in [0.4, 0.5) is 0 Å². The number of rotatable bonds is 3. The number of hydrogen-bond acceptors (Lipinski definition) is 8. The number of allylic oxidation sites excluding steroid dienone is 3. The van der Waals surface area contributed by atoms with E-state index in [4.69, 9.17) is 9.47 Å². The highest BCUT2D eigenvalue weighted by atomic mass is 32.2. The lowest BCUT2D eigenvalue weighted by Crippen LogP contribution is -2.38. The molecule has 0 aromatic carbocycles. The first-order valence-electron chi connectivity index (χ1n) is 7.31. The molecule has 132 valence electrons. The normalized spacial score (nSPS) is 20.2. The van der Waals surface area contributed by atoms with Crippen LogP contribution in [0.5, 0.6) is 0 Å². The van der Waals surface area contributed by atoms with E-state index in [0.717, 1.165) is 22.9 Å². The average molecular weight is 378 g/mol. The van der Waals surface area contributed by atoms with Gasteiger partial charge in [0.2, 0.25) is 0 Å². The van der Waals surface area contributed by atoms with E-state index in [2.05, 4.69) is 6.07 Å². The molecular formula is C17H18N2O4S2. The van der Waals surface area contributed by atoms with Crippen LogP contribution < -0.4 is 0 Å². The first-order chi connectivity index (χ1) is 11.9. The third-order valence-corrected chi connectivity index (χ3v) is 6.02. The van der Waals surface area contributed by atoms with E-state index in [1.54, 1.807) is 11.1 Å². The molecule has 0 N–H and O–H groups in total. The first-order valence-corrected chi connectivity index (χ1v) is 9.35. The summed E-state index contributed by atoms with van der Waals surface area (Å²) in [5.41, 5.74) is 2.33. The van der Waals surface area contributed by atoms with Crippen molar-refractivity contribution in [3.63, 3.8) is 0 Å². The molecule has 0 fully saturated rings. The number of nitrogens with zero attached hydrogens (tertiary/aromatic N) is 2. The third-order valence-electron chi connectivity index (χ3n) is 3.74. The zero-order chi connectivity index (χ0) is 18.7. The van der Waals surface area contributed by atoms with Crippen molar-refractivity contribution in [2.75, 3.05) is 20.5 Å². The predicted molar refractivity (Wildman–Crippen MR) is 97.9 cm³/mol. The fourth-order valence-corrected chi connectivity index (χ4v) is 4.61. The van der Waals surface area contributed by atoms with E-state index in [-0.39, 0.29) is 10.5 Å². The van der Waals surface area contributed by atoms with Gasteiger partial charge in [0.1, 0.15) is 16.7 Å². The van der Waals surface area contributed by atoms with Crippen LogP contribution in [0.15, 0.2) is 43.8 Å². The molecule has 8 heteroatoms. The Hall–Kier alpha value is -2.11. The van der Waals surface area contributed by atoms with Gasteiger partial charge in [-0.25, -0.2) is 9.59 Å². The van der Waals surface area contributed by atoms with Gasteiger partial charge >= 0.3 is 11.9 Å². The topological polar surface area (TPSA) is 79.6 Å². The molecule has 0 spiro atoms. The fourth-order valence-electron chi connectivity index (χ4n) is 2.77. The monoisotopic (exact) mass is 378 g/mol. The predicted octanol–water partition coefficient (Wildman–Crippen LogP) is 2.92. The van der Waals surface area contributed by atoms with Gasteiger partial charge in [-0.2, -0.15) is 5.26 Å². The van der Waals surface area contributed by atoms with Crippen LogP contribution in [0.3, 0.4) is 0 Å². The highest BCUT2D eigenvalue weighted by Gasteiger charge is 2.40. The first kappa shape index (κ1) is 19.2. The maximum Gasteiger partial charge on any atom is 0.345 e. The molecule has 2 rings (SSSR count). The van der Waals surface area contributed by atoms with Crippen molar-refractivity contribution in [2.24, 2.45) is 0 Å². The summed E-state index contributed by atoms with van der Waals surface area (Å²) in [4.78, 5) is 26.8. The van der Waals surface area contributed by atoms with Gasteiger partial charge in [0, 0.05) is 6.20 Å². The number of hydrogen-bond donors (Lipinski definition) is 0. The van der Waals surface area contributed by atoms with Crippen molar-refractivity contribution >= 4 is 35.5 Å². The van der Waals surface area contributed by atoms with Gasteiger partial charge in [-0.05, 0) is 31.2 Å². The van der Waals surface area contributed by atoms with Crippen molar-refractivity contribution < 1.29 is 19.1 Å². The molecule has 1 atom stereocenters. The molecule has 0 saturated heterocycles. The van der Waals surface area contributed by atoms with Crippen molar-refractivity contribution in [3.05, 3.63) is 43.8 Å². The Balaban J connectivity index is 2.84. The molecule has 0 radical (unpaired) electrons. The second kappa shape index (κ2) is 7.85. The Morgan fingerprint density at radius 1 is 1.28 bits per heavy atom. The van der Waals surface area contributed by atoms with Gasteiger partial charge in [-0.1, -0.05) is 17.8 Å². The number of thioether (sulfide) groups is 2. The van der Waals surface area contributed by atoms with Gasteiger partial charge in [0.25, 0.3) is 0 Å². The average Bonchev–Trinajstić information content (AvgIpc) is 2.74. The molecule has 0 bridgehead atoms. The highest BCUT2D eigenvalue weighted by Crippen LogP contribution is 2.45. The summed E-state index contributed by atoms with van der Waals surface area (Å²) < 4.78 is 10.4. The minimum atomic E-state index is -0.629. The van der Waals surface area contributed by atoms with Crippen LogP contribution in [0.2, 0.25) is 0 Å². The number of methoxy groups -OCH3 is 2. The van der Waals surface area contributed by atoms with Crippen LogP contribution in [0, 0.1) is 11.3 Å². The maximum absolute atomic E-state index is 12.5. The van der Waals surface area contributed by atoms with E-state index < -0.39 is 18.0 Å². The summed E-state index contributed by atoms with van der Waals surface area (Å²) in [7, 11) is 2.52. The van der Waals surface area contributed by atoms with Gasteiger partial charge in [-0.15, -0.1) is 11.8 Å². The van der Waals surface area contributed by atoms with E-state index in [9.17, 15) is 14.9 Å². The molecule has 25 heavy (non-hydrogen) atoms. The lowest BCUT2D eigenvalue weighted by Gasteiger charge is -2.34. The molecular weight excluding hydrogens is 360 g/mol. The van der Waals surface area contributed by atoms with Gasteiger partial charge in [-0.3, -0.25) is 0 Å². The van der Waals surface area contributed by atoms with E-state index >= 15 is 0 Å². The smallest absolute Gasteiger partial charge is 0.345 e. The molecule has 2 heterocycles. The largest absolute Gasteiger partial charge is 0.466 e. The number of ether oxygens (including phenoxy) is 2. The van der Waals surface area contributed by atoms with Crippen LogP contribution in [0.25, 0.3) is 0 Å². The number of carbonyl (C=O) groups is 2. The molecule has 0 saturated carbocycles. The molecule has 0 amide bonds. The van der Waals surface area contributed by atoms with Crippen LogP contribution in [-0.2, 0) is 19.1 Å². The molecule has 1 unspecified atom stereocenters. The number of carbonyl (C=O) groups excluding carboxylic acids is 2. The van der Waals surface area contributed by atoms with Crippen molar-refractivity contribution in [2.45, 2.75) is 19.9 Å². The summed E-state index contributed by atoms with van der Waals surface area (Å²) in [6, 6.07) is 1.60. The van der Waals surface area contributed by atoms with Crippen molar-refractivity contribution in [1.29, 1.82) is 5.26 Å². The number of esters is 2. The molecule has 6 nitrogen and oxygen atoms in total. The minimum absolute atomic E-state index is 0.139. The second-order valence-corrected chi connectivity index (χ2v) is 7.45. The fraction of sp³-hybridized carbons (Fsp3) is 0.353. The maximum atomic E-state index is 12.5. The third kappa shape index (κ3) is 3.48. The Morgan fingerprint density at radius 2 is 1.92 bits per heavy atom. The molecule has 0 aromatic rings. The SMILES string of the molecule is COC(=O)C1=C(C(=O)OC)C2C(C)=CC(C)=CN2C(C#N)=C(SC)S1. The molecule has 0 aromatic heterocycles. The zero-order valence-electron chi connectivity index (χ0n) is 14.6. The molecule has 0 aliphatic carbocycles. The van der Waals surface area contributed by atoms with E-state index in [1.165, 1.54) is 26.0 Å². The van der Waals surface area contributed by atoms with E-state index in [0.29, 0.717) is 9.93 Å². The quantitative estimate of drug-likeness (QED) is 0.694. The molecule has 2 aliphatic heterocycles. The van der Waals surface area contributed by atoms with E-state index in [1.807, 2.05) is 26.2 Å². The molecule has 2 aliphatic rings. The number of nitriles is 1. The van der Waals surface area contributed by atoms with Gasteiger partial charge < -0.3 is 14.4 Å². The minimum Gasteiger partial charge on any atom is -0.466 e. The van der Waals surface area contributed by atoms with Crippen LogP contribution in [-0.4, -0.2) is 43.4 Å². The van der Waals surface area contributed by atoms with Crippen LogP contribution >= 0.6 is 23.5 Å². The lowest BCUT2D eigenvalue weighted by molar-refractivity contribution is -0.139. The summed E-state index contributed by atoms with van der Waals surface area (Å²) in [6.45, 7) is 3.77. The zero-order valence-corrected chi connectivity index (χ0v) is 16.2. The summed E-state index contributed by atoms with van der Waals surface area (Å²) >= 11 is 2.40. The lowest BCUT2D eigenvalue weighted by atomic mass is 9.93. The Labute approximate surface area is 155 Å². The van der Waals surface area contributed by atoms with Crippen molar-refractivity contribution in [1.82, 2.24) is 4.90 Å². The highest BCUT2D eigenvalue weighted by molar-refractivity contribution is 8.24. The van der Waals surface area contributed by atoms with Crippen LogP contribution in [0.1, 0.15) is 13.8 Å². The van der Waals surface area contributed by atoms with Crippen molar-refractivity contribution in [3.8, 4) is 6.07 Å². The Bertz CT molecular complexity index is 787. The van der Waals surface area contributed by atoms with Gasteiger partial charge in [0.05, 0.1) is 30.1 Å². The standard InChI is InChI=1S/C17H18N2O4S2/c1-9-6-10(2)13-12(15(20)22-3)14(16(21)23-4)25-17(24-5)11(7-18)19(13)8-9/h6,8,13H,1-5H3. The summed E-state index contributed by atoms with van der Waals surface area (Å²) in [5.74, 6) is -1.25. The summed E-state index contributed by atoms with van der Waals surface area (Å²) in [5, 5.41) is 9.72. The Kier molecular flexibility index (Phi) is 6.03. The second-order valence-electron chi connectivity index (χ2n) is 5.35. The summed E-state index contributed by atoms with van der Waals surface area (Å²) in [6.07, 6.45) is 5.54.